The highest BCUT2D eigenvalue weighted by molar-refractivity contribution is 5.76. The topological polar surface area (TPSA) is 46.3 Å². The van der Waals surface area contributed by atoms with Crippen molar-refractivity contribution >= 4 is 5.91 Å². The van der Waals surface area contributed by atoms with E-state index in [9.17, 15) is 4.79 Å². The molecule has 0 radical (unpaired) electrons. The second-order valence-electron chi connectivity index (χ2n) is 5.12. The first-order chi connectivity index (χ1) is 7.63. The van der Waals surface area contributed by atoms with Crippen molar-refractivity contribution < 1.29 is 4.79 Å². The van der Waals surface area contributed by atoms with E-state index in [4.69, 9.17) is 5.73 Å². The fraction of sp³-hybridized carbons (Fsp3) is 0.923. The predicted octanol–water partition coefficient (Wildman–Crippen LogP) is 2.15. The van der Waals surface area contributed by atoms with Crippen molar-refractivity contribution in [3.8, 4) is 0 Å². The van der Waals surface area contributed by atoms with Crippen molar-refractivity contribution in [3.05, 3.63) is 0 Å². The molecule has 1 saturated heterocycles. The largest absolute Gasteiger partial charge is 0.343 e. The zero-order valence-electron chi connectivity index (χ0n) is 10.7. The van der Waals surface area contributed by atoms with Gasteiger partial charge in [0.25, 0.3) is 0 Å². The Labute approximate surface area is 99.4 Å². The average molecular weight is 226 g/mol. The smallest absolute Gasteiger partial charge is 0.222 e. The molecule has 16 heavy (non-hydrogen) atoms. The summed E-state index contributed by atoms with van der Waals surface area (Å²) in [6, 6.07) is 0.306. The molecule has 0 aliphatic carbocycles. The molecule has 0 aromatic rings. The number of nitrogens with zero attached hydrogens (tertiary/aromatic N) is 1. The molecule has 1 rings (SSSR count). The molecule has 3 heteroatoms. The van der Waals surface area contributed by atoms with Gasteiger partial charge in [-0.1, -0.05) is 13.8 Å². The molecule has 0 saturated carbocycles. The lowest BCUT2D eigenvalue weighted by molar-refractivity contribution is -0.130. The molecule has 2 atom stereocenters. The Morgan fingerprint density at radius 1 is 1.50 bits per heavy atom. The van der Waals surface area contributed by atoms with Gasteiger partial charge in [0.1, 0.15) is 0 Å². The van der Waals surface area contributed by atoms with Crippen LogP contribution < -0.4 is 5.73 Å². The molecule has 0 spiro atoms. The lowest BCUT2D eigenvalue weighted by Crippen LogP contribution is -2.32. The summed E-state index contributed by atoms with van der Waals surface area (Å²) in [6.45, 7) is 6.20. The van der Waals surface area contributed by atoms with E-state index < -0.39 is 0 Å². The minimum absolute atomic E-state index is 0.306. The first-order valence-electron chi connectivity index (χ1n) is 6.66. The molecule has 2 unspecified atom stereocenters. The van der Waals surface area contributed by atoms with Gasteiger partial charge < -0.3 is 10.6 Å². The van der Waals surface area contributed by atoms with Gasteiger partial charge in [0, 0.05) is 25.6 Å². The Bertz CT molecular complexity index is 218. The zero-order valence-corrected chi connectivity index (χ0v) is 10.7. The first-order valence-corrected chi connectivity index (χ1v) is 6.66. The third-order valence-electron chi connectivity index (χ3n) is 3.62. The predicted molar refractivity (Wildman–Crippen MR) is 67.1 cm³/mol. The fourth-order valence-corrected chi connectivity index (χ4v) is 2.16. The Morgan fingerprint density at radius 2 is 2.25 bits per heavy atom. The van der Waals surface area contributed by atoms with Crippen molar-refractivity contribution in [2.24, 2.45) is 11.7 Å². The Hall–Kier alpha value is -0.570. The second kappa shape index (κ2) is 6.89. The number of nitrogens with two attached hydrogens (primary N) is 1. The van der Waals surface area contributed by atoms with Crippen LogP contribution in [0.3, 0.4) is 0 Å². The van der Waals surface area contributed by atoms with Gasteiger partial charge in [-0.2, -0.15) is 0 Å². The summed E-state index contributed by atoms with van der Waals surface area (Å²) in [4.78, 5) is 13.8. The summed E-state index contributed by atoms with van der Waals surface area (Å²) < 4.78 is 0. The normalized spacial score (nSPS) is 24.3. The minimum atomic E-state index is 0.306. The fourth-order valence-electron chi connectivity index (χ4n) is 2.16. The molecule has 1 amide bonds. The quantitative estimate of drug-likeness (QED) is 0.781. The number of hydrogen-bond donors (Lipinski definition) is 1. The monoisotopic (exact) mass is 226 g/mol. The number of amides is 1. The van der Waals surface area contributed by atoms with Gasteiger partial charge in [0.15, 0.2) is 0 Å². The van der Waals surface area contributed by atoms with Crippen LogP contribution in [-0.4, -0.2) is 29.9 Å². The van der Waals surface area contributed by atoms with Crippen LogP contribution in [0.2, 0.25) is 0 Å². The van der Waals surface area contributed by atoms with Crippen molar-refractivity contribution in [3.63, 3.8) is 0 Å². The van der Waals surface area contributed by atoms with Gasteiger partial charge in [0.2, 0.25) is 5.91 Å². The highest BCUT2D eigenvalue weighted by Crippen LogP contribution is 2.17. The molecule has 1 heterocycles. The van der Waals surface area contributed by atoms with Gasteiger partial charge in [-0.3, -0.25) is 4.79 Å². The summed E-state index contributed by atoms with van der Waals surface area (Å²) in [5.41, 5.74) is 5.87. The summed E-state index contributed by atoms with van der Waals surface area (Å²) in [5, 5.41) is 0. The van der Waals surface area contributed by atoms with Crippen molar-refractivity contribution in [2.75, 3.05) is 13.1 Å². The molecular weight excluding hydrogens is 200 g/mol. The number of rotatable bonds is 5. The number of hydrogen-bond acceptors (Lipinski definition) is 2. The maximum atomic E-state index is 11.8. The van der Waals surface area contributed by atoms with Crippen LogP contribution >= 0.6 is 0 Å². The molecule has 0 aromatic carbocycles. The Balaban J connectivity index is 2.26. The Kier molecular flexibility index (Phi) is 5.81. The van der Waals surface area contributed by atoms with Crippen molar-refractivity contribution in [1.29, 1.82) is 0 Å². The van der Waals surface area contributed by atoms with Crippen LogP contribution in [0.5, 0.6) is 0 Å². The summed E-state index contributed by atoms with van der Waals surface area (Å²) in [7, 11) is 0. The molecule has 3 nitrogen and oxygen atoms in total. The van der Waals surface area contributed by atoms with Gasteiger partial charge >= 0.3 is 0 Å². The van der Waals surface area contributed by atoms with Crippen LogP contribution in [-0.2, 0) is 4.79 Å². The van der Waals surface area contributed by atoms with Crippen LogP contribution in [0.25, 0.3) is 0 Å². The molecule has 1 aliphatic heterocycles. The Morgan fingerprint density at radius 3 is 2.94 bits per heavy atom. The number of likely N-dealkylation sites (tertiary alicyclic amines) is 1. The lowest BCUT2D eigenvalue weighted by atomic mass is 10.0. The molecular formula is C13H26N2O. The van der Waals surface area contributed by atoms with Crippen LogP contribution in [0.4, 0.5) is 0 Å². The summed E-state index contributed by atoms with van der Waals surface area (Å²) >= 11 is 0. The van der Waals surface area contributed by atoms with E-state index in [0.29, 0.717) is 17.9 Å². The van der Waals surface area contributed by atoms with Crippen LogP contribution in [0.15, 0.2) is 0 Å². The van der Waals surface area contributed by atoms with Crippen molar-refractivity contribution in [2.45, 2.75) is 58.4 Å². The number of carbonyl (C=O) groups excluding carboxylic acids is 1. The van der Waals surface area contributed by atoms with Gasteiger partial charge in [0.05, 0.1) is 0 Å². The van der Waals surface area contributed by atoms with E-state index in [1.165, 1.54) is 0 Å². The number of carbonyl (C=O) groups is 1. The lowest BCUT2D eigenvalue weighted by Gasteiger charge is -2.21. The molecule has 1 aliphatic rings. The average Bonchev–Trinajstić information content (AvgIpc) is 2.43. The second-order valence-corrected chi connectivity index (χ2v) is 5.12. The van der Waals surface area contributed by atoms with E-state index >= 15 is 0 Å². The van der Waals surface area contributed by atoms with Gasteiger partial charge in [-0.15, -0.1) is 0 Å². The molecule has 94 valence electrons. The van der Waals surface area contributed by atoms with Crippen LogP contribution in [0.1, 0.15) is 52.4 Å². The van der Waals surface area contributed by atoms with E-state index in [-0.39, 0.29) is 0 Å². The SMILES string of the molecule is CCC(N)CCCN1CCC(C)CCC1=O. The molecule has 0 aromatic heterocycles. The molecule has 0 bridgehead atoms. The highest BCUT2D eigenvalue weighted by Gasteiger charge is 2.19. The first kappa shape index (κ1) is 13.5. The summed E-state index contributed by atoms with van der Waals surface area (Å²) in [6.07, 6.45) is 6.08. The van der Waals surface area contributed by atoms with E-state index in [0.717, 1.165) is 51.6 Å². The summed E-state index contributed by atoms with van der Waals surface area (Å²) in [5.74, 6) is 1.04. The van der Waals surface area contributed by atoms with Gasteiger partial charge in [-0.05, 0) is 38.0 Å². The van der Waals surface area contributed by atoms with E-state index in [2.05, 4.69) is 13.8 Å². The molecule has 2 N–H and O–H groups in total. The van der Waals surface area contributed by atoms with Crippen LogP contribution in [0, 0.1) is 5.92 Å². The maximum Gasteiger partial charge on any atom is 0.222 e. The van der Waals surface area contributed by atoms with E-state index in [1.54, 1.807) is 0 Å². The minimum Gasteiger partial charge on any atom is -0.343 e. The molecule has 1 fully saturated rings. The standard InChI is InChI=1S/C13H26N2O/c1-3-12(14)5-4-9-15-10-8-11(2)6-7-13(15)16/h11-12H,3-10,14H2,1-2H3. The van der Waals surface area contributed by atoms with Gasteiger partial charge in [-0.25, -0.2) is 0 Å². The third kappa shape index (κ3) is 4.52. The highest BCUT2D eigenvalue weighted by atomic mass is 16.2. The van der Waals surface area contributed by atoms with Crippen molar-refractivity contribution in [1.82, 2.24) is 4.90 Å². The zero-order chi connectivity index (χ0) is 12.0. The maximum absolute atomic E-state index is 11.8. The third-order valence-corrected chi connectivity index (χ3v) is 3.62. The van der Waals surface area contributed by atoms with E-state index in [1.807, 2.05) is 4.90 Å².